The van der Waals surface area contributed by atoms with Crippen LogP contribution in [0.3, 0.4) is 0 Å². The number of nitrogens with zero attached hydrogens (tertiary/aromatic N) is 2. The maximum atomic E-state index is 11.2. The molecule has 3 rings (SSSR count). The first-order valence-corrected chi connectivity index (χ1v) is 7.09. The minimum Gasteiger partial charge on any atom is -0.494 e. The average Bonchev–Trinajstić information content (AvgIpc) is 3.16. The van der Waals surface area contributed by atoms with Gasteiger partial charge in [-0.15, -0.1) is 11.3 Å². The van der Waals surface area contributed by atoms with Crippen molar-refractivity contribution in [2.24, 2.45) is 0 Å². The molecule has 6 heteroatoms. The van der Waals surface area contributed by atoms with Gasteiger partial charge in [0.05, 0.1) is 17.7 Å². The minimum atomic E-state index is -1.05. The Morgan fingerprint density at radius 1 is 1.29 bits per heavy atom. The van der Waals surface area contributed by atoms with Gasteiger partial charge in [-0.2, -0.15) is 5.10 Å². The van der Waals surface area contributed by atoms with E-state index < -0.39 is 5.97 Å². The number of carboxylic acid groups (broad SMARTS) is 1. The Kier molecular flexibility index (Phi) is 3.45. The summed E-state index contributed by atoms with van der Waals surface area (Å²) >= 11 is 1.53. The van der Waals surface area contributed by atoms with Crippen LogP contribution in [0.4, 0.5) is 0 Å². The van der Waals surface area contributed by atoms with Crippen molar-refractivity contribution in [3.63, 3.8) is 0 Å². The summed E-state index contributed by atoms with van der Waals surface area (Å²) in [6.45, 7) is 0. The van der Waals surface area contributed by atoms with E-state index in [9.17, 15) is 9.90 Å². The van der Waals surface area contributed by atoms with E-state index in [4.69, 9.17) is 4.74 Å². The molecule has 106 valence electrons. The van der Waals surface area contributed by atoms with Crippen molar-refractivity contribution >= 4 is 17.3 Å². The molecule has 1 aromatic carbocycles. The van der Waals surface area contributed by atoms with E-state index >= 15 is 0 Å². The molecule has 3 aromatic rings. The maximum Gasteiger partial charge on any atom is 0.356 e. The highest BCUT2D eigenvalue weighted by Crippen LogP contribution is 2.31. The van der Waals surface area contributed by atoms with Gasteiger partial charge in [-0.3, -0.25) is 0 Å². The van der Waals surface area contributed by atoms with Gasteiger partial charge in [-0.25, -0.2) is 9.48 Å². The molecule has 5 nitrogen and oxygen atoms in total. The van der Waals surface area contributed by atoms with Gasteiger partial charge in [0.25, 0.3) is 0 Å². The fraction of sp³-hybridized carbons (Fsp3) is 0.0667. The van der Waals surface area contributed by atoms with E-state index in [1.807, 2.05) is 41.8 Å². The minimum absolute atomic E-state index is 0.00399. The highest BCUT2D eigenvalue weighted by atomic mass is 32.1. The van der Waals surface area contributed by atoms with Crippen molar-refractivity contribution in [1.29, 1.82) is 0 Å². The van der Waals surface area contributed by atoms with Crippen LogP contribution >= 0.6 is 11.3 Å². The third-order valence-corrected chi connectivity index (χ3v) is 3.91. The fourth-order valence-electron chi connectivity index (χ4n) is 2.07. The normalized spacial score (nSPS) is 10.5. The Labute approximate surface area is 125 Å². The van der Waals surface area contributed by atoms with E-state index in [0.717, 1.165) is 10.6 Å². The second-order valence-corrected chi connectivity index (χ2v) is 5.23. The zero-order valence-electron chi connectivity index (χ0n) is 11.2. The number of aromatic nitrogens is 2. The number of thiophene rings is 1. The van der Waals surface area contributed by atoms with Crippen LogP contribution in [0.2, 0.25) is 0 Å². The Balaban J connectivity index is 2.24. The third-order valence-electron chi connectivity index (χ3n) is 3.02. The summed E-state index contributed by atoms with van der Waals surface area (Å²) in [5.41, 5.74) is 1.44. The smallest absolute Gasteiger partial charge is 0.356 e. The molecule has 0 spiro atoms. The predicted octanol–water partition coefficient (Wildman–Crippen LogP) is 3.31. The van der Waals surface area contributed by atoms with Gasteiger partial charge >= 0.3 is 5.97 Å². The SMILES string of the molecule is COc1ccccc1-n1nc(C(=O)O)cc1-c1cccs1. The van der Waals surface area contributed by atoms with Crippen LogP contribution in [0.15, 0.2) is 47.8 Å². The highest BCUT2D eigenvalue weighted by molar-refractivity contribution is 7.13. The predicted molar refractivity (Wildman–Crippen MR) is 80.4 cm³/mol. The number of rotatable bonds is 4. The van der Waals surface area contributed by atoms with Crippen LogP contribution in [0.1, 0.15) is 10.5 Å². The molecule has 0 amide bonds. The van der Waals surface area contributed by atoms with Gasteiger partial charge in [0.2, 0.25) is 0 Å². The summed E-state index contributed by atoms with van der Waals surface area (Å²) in [4.78, 5) is 12.2. The van der Waals surface area contributed by atoms with E-state index in [1.165, 1.54) is 11.3 Å². The molecule has 2 heterocycles. The lowest BCUT2D eigenvalue weighted by Crippen LogP contribution is -2.03. The summed E-state index contributed by atoms with van der Waals surface area (Å²) in [6, 6.07) is 12.8. The lowest BCUT2D eigenvalue weighted by Gasteiger charge is -2.10. The molecule has 0 aliphatic rings. The second kappa shape index (κ2) is 5.41. The highest BCUT2D eigenvalue weighted by Gasteiger charge is 2.18. The molecule has 0 saturated heterocycles. The Bertz CT molecular complexity index is 778. The lowest BCUT2D eigenvalue weighted by atomic mass is 10.2. The number of carboxylic acids is 1. The molecule has 0 saturated carbocycles. The number of hydrogen-bond acceptors (Lipinski definition) is 4. The van der Waals surface area contributed by atoms with Gasteiger partial charge in [0.15, 0.2) is 5.69 Å². The average molecular weight is 300 g/mol. The van der Waals surface area contributed by atoms with Gasteiger partial charge in [-0.05, 0) is 23.6 Å². The van der Waals surface area contributed by atoms with Gasteiger partial charge in [-0.1, -0.05) is 18.2 Å². The fourth-order valence-corrected chi connectivity index (χ4v) is 2.80. The maximum absolute atomic E-state index is 11.2. The third kappa shape index (κ3) is 2.41. The quantitative estimate of drug-likeness (QED) is 0.803. The second-order valence-electron chi connectivity index (χ2n) is 4.28. The molecule has 0 radical (unpaired) electrons. The molecule has 21 heavy (non-hydrogen) atoms. The Morgan fingerprint density at radius 3 is 2.76 bits per heavy atom. The van der Waals surface area contributed by atoms with Crippen LogP contribution in [0.25, 0.3) is 16.3 Å². The number of methoxy groups -OCH3 is 1. The van der Waals surface area contributed by atoms with Crippen molar-refractivity contribution in [1.82, 2.24) is 9.78 Å². The molecule has 0 bridgehead atoms. The number of carbonyl (C=O) groups is 1. The monoisotopic (exact) mass is 300 g/mol. The van der Waals surface area contributed by atoms with Crippen molar-refractivity contribution in [3.05, 3.63) is 53.5 Å². The zero-order chi connectivity index (χ0) is 14.8. The van der Waals surface area contributed by atoms with Crippen molar-refractivity contribution in [2.75, 3.05) is 7.11 Å². The molecule has 0 fully saturated rings. The molecule has 1 N–H and O–H groups in total. The summed E-state index contributed by atoms with van der Waals surface area (Å²) < 4.78 is 6.94. The standard InChI is InChI=1S/C15H12N2O3S/c1-20-13-6-3-2-5-11(13)17-12(14-7-4-8-21-14)9-10(16-17)15(18)19/h2-9H,1H3,(H,18,19). The first kappa shape index (κ1) is 13.4. The van der Waals surface area contributed by atoms with Gasteiger partial charge in [0, 0.05) is 6.07 Å². The molecule has 0 aliphatic heterocycles. The Morgan fingerprint density at radius 2 is 2.10 bits per heavy atom. The summed E-state index contributed by atoms with van der Waals surface area (Å²) in [7, 11) is 1.57. The molecule has 0 atom stereocenters. The van der Waals surface area contributed by atoms with Gasteiger partial charge < -0.3 is 9.84 Å². The number of ether oxygens (including phenoxy) is 1. The largest absolute Gasteiger partial charge is 0.494 e. The van der Waals surface area contributed by atoms with Crippen LogP contribution in [-0.2, 0) is 0 Å². The van der Waals surface area contributed by atoms with Gasteiger partial charge in [0.1, 0.15) is 11.4 Å². The van der Waals surface area contributed by atoms with E-state index in [2.05, 4.69) is 5.10 Å². The summed E-state index contributed by atoms with van der Waals surface area (Å²) in [5.74, 6) is -0.420. The number of hydrogen-bond donors (Lipinski definition) is 1. The summed E-state index contributed by atoms with van der Waals surface area (Å²) in [5, 5.41) is 15.3. The first-order chi connectivity index (χ1) is 10.2. The molecule has 0 unspecified atom stereocenters. The molecule has 0 aliphatic carbocycles. The van der Waals surface area contributed by atoms with Crippen molar-refractivity contribution < 1.29 is 14.6 Å². The van der Waals surface area contributed by atoms with Crippen LogP contribution in [0.5, 0.6) is 5.75 Å². The van der Waals surface area contributed by atoms with E-state index in [1.54, 1.807) is 17.9 Å². The zero-order valence-corrected chi connectivity index (χ0v) is 12.0. The van der Waals surface area contributed by atoms with Crippen LogP contribution in [-0.4, -0.2) is 28.0 Å². The summed E-state index contributed by atoms with van der Waals surface area (Å²) in [6.07, 6.45) is 0. The number of para-hydroxylation sites is 2. The molecule has 2 aromatic heterocycles. The van der Waals surface area contributed by atoms with Crippen LogP contribution in [0, 0.1) is 0 Å². The topological polar surface area (TPSA) is 64.4 Å². The Hall–Kier alpha value is -2.60. The molecular formula is C15H12N2O3S. The number of benzene rings is 1. The van der Waals surface area contributed by atoms with E-state index in [0.29, 0.717) is 11.4 Å². The lowest BCUT2D eigenvalue weighted by molar-refractivity contribution is 0.0690. The first-order valence-electron chi connectivity index (χ1n) is 6.21. The van der Waals surface area contributed by atoms with E-state index in [-0.39, 0.29) is 5.69 Å². The molecular weight excluding hydrogens is 288 g/mol. The van der Waals surface area contributed by atoms with Crippen LogP contribution < -0.4 is 4.74 Å². The number of aromatic carboxylic acids is 1. The van der Waals surface area contributed by atoms with Crippen molar-refractivity contribution in [2.45, 2.75) is 0 Å². The van der Waals surface area contributed by atoms with Crippen molar-refractivity contribution in [3.8, 4) is 22.0 Å².